The van der Waals surface area contributed by atoms with Crippen molar-refractivity contribution in [2.75, 3.05) is 6.54 Å². The maximum Gasteiger partial charge on any atom is 0.318 e. The smallest absolute Gasteiger partial charge is 0.318 e. The van der Waals surface area contributed by atoms with Crippen molar-refractivity contribution < 1.29 is 9.59 Å². The number of terminal acetylenes is 1. The first-order valence-electron chi connectivity index (χ1n) is 10.8. The molecule has 2 fully saturated rings. The number of carbonyl (C=O) groups excluding carboxylic acids is 2. The van der Waals surface area contributed by atoms with Gasteiger partial charge in [-0.25, -0.2) is 4.79 Å². The average Bonchev–Trinajstić information content (AvgIpc) is 3.50. The van der Waals surface area contributed by atoms with Crippen molar-refractivity contribution in [2.24, 2.45) is 11.8 Å². The standard InChI is InChI=1S/C26H24N4O2/c1-2-17-8-9-19-6-3-7-20(22(19)11-17)15-29-26(32)30-16-21-12-23(21)24(30)25(31)28-14-18-5-4-10-27-13-18/h1,3-11,13,21,23-24H,12,14-16H2,(H,28,31)(H,29,32)/t21-,23-,24-/m0/s1. The van der Waals surface area contributed by atoms with E-state index >= 15 is 0 Å². The van der Waals surface area contributed by atoms with Crippen molar-refractivity contribution in [3.05, 3.63) is 77.6 Å². The lowest BCUT2D eigenvalue weighted by molar-refractivity contribution is -0.125. The van der Waals surface area contributed by atoms with E-state index in [0.29, 0.717) is 25.6 Å². The van der Waals surface area contributed by atoms with Gasteiger partial charge in [0.2, 0.25) is 5.91 Å². The van der Waals surface area contributed by atoms with E-state index in [0.717, 1.165) is 33.9 Å². The van der Waals surface area contributed by atoms with Crippen molar-refractivity contribution in [3.63, 3.8) is 0 Å². The maximum atomic E-state index is 13.0. The zero-order valence-corrected chi connectivity index (χ0v) is 17.6. The van der Waals surface area contributed by atoms with Crippen LogP contribution < -0.4 is 10.6 Å². The summed E-state index contributed by atoms with van der Waals surface area (Å²) in [6.45, 7) is 1.40. The number of piperidine rings is 1. The first-order chi connectivity index (χ1) is 15.6. The second-order valence-electron chi connectivity index (χ2n) is 8.49. The Morgan fingerprint density at radius 1 is 1.12 bits per heavy atom. The minimum atomic E-state index is -0.419. The third-order valence-corrected chi connectivity index (χ3v) is 6.44. The van der Waals surface area contributed by atoms with E-state index in [1.165, 1.54) is 0 Å². The highest BCUT2D eigenvalue weighted by Crippen LogP contribution is 2.49. The molecule has 1 aromatic heterocycles. The number of amides is 3. The molecule has 2 N–H and O–H groups in total. The van der Waals surface area contributed by atoms with Gasteiger partial charge in [-0.2, -0.15) is 0 Å². The Hall–Kier alpha value is -3.85. The third kappa shape index (κ3) is 3.90. The van der Waals surface area contributed by atoms with Gasteiger partial charge in [0.15, 0.2) is 0 Å². The van der Waals surface area contributed by atoms with Crippen LogP contribution in [0.3, 0.4) is 0 Å². The minimum Gasteiger partial charge on any atom is -0.350 e. The topological polar surface area (TPSA) is 74.3 Å². The van der Waals surface area contributed by atoms with Crippen molar-refractivity contribution in [1.82, 2.24) is 20.5 Å². The van der Waals surface area contributed by atoms with Gasteiger partial charge in [0.25, 0.3) is 0 Å². The Morgan fingerprint density at radius 3 is 2.84 bits per heavy atom. The molecule has 1 saturated heterocycles. The van der Waals surface area contributed by atoms with E-state index < -0.39 is 6.04 Å². The number of carbonyl (C=O) groups is 2. The van der Waals surface area contributed by atoms with Crippen LogP contribution in [0.4, 0.5) is 4.79 Å². The summed E-state index contributed by atoms with van der Waals surface area (Å²) in [6, 6.07) is 15.0. The summed E-state index contributed by atoms with van der Waals surface area (Å²) in [5.41, 5.74) is 2.74. The molecule has 6 nitrogen and oxygen atoms in total. The Bertz CT molecular complexity index is 1220. The number of nitrogens with zero attached hydrogens (tertiary/aromatic N) is 2. The summed E-state index contributed by atoms with van der Waals surface area (Å²) < 4.78 is 0. The lowest BCUT2D eigenvalue weighted by Gasteiger charge is -2.27. The van der Waals surface area contributed by atoms with E-state index in [-0.39, 0.29) is 17.9 Å². The zero-order chi connectivity index (χ0) is 22.1. The molecule has 0 bridgehead atoms. The monoisotopic (exact) mass is 424 g/mol. The predicted molar refractivity (Wildman–Crippen MR) is 122 cm³/mol. The third-order valence-electron chi connectivity index (χ3n) is 6.44. The van der Waals surface area contributed by atoms with Crippen LogP contribution in [-0.4, -0.2) is 34.4 Å². The van der Waals surface area contributed by atoms with Crippen LogP contribution in [0.1, 0.15) is 23.1 Å². The van der Waals surface area contributed by atoms with Crippen molar-refractivity contribution in [3.8, 4) is 12.3 Å². The predicted octanol–water partition coefficient (Wildman–Crippen LogP) is 3.06. The number of fused-ring (bicyclic) bond motifs is 2. The molecule has 2 heterocycles. The molecule has 3 aromatic rings. The van der Waals surface area contributed by atoms with Gasteiger partial charge in [-0.15, -0.1) is 6.42 Å². The Morgan fingerprint density at radius 2 is 2.03 bits per heavy atom. The summed E-state index contributed by atoms with van der Waals surface area (Å²) in [7, 11) is 0. The number of nitrogens with one attached hydrogen (secondary N) is 2. The molecule has 2 aliphatic rings. The molecular weight excluding hydrogens is 400 g/mol. The fourth-order valence-electron chi connectivity index (χ4n) is 4.66. The number of likely N-dealkylation sites (tertiary alicyclic amines) is 1. The molecule has 3 atom stereocenters. The molecule has 1 saturated carbocycles. The number of aromatic nitrogens is 1. The quantitative estimate of drug-likeness (QED) is 0.619. The molecule has 0 spiro atoms. The average molecular weight is 425 g/mol. The van der Waals surface area contributed by atoms with Gasteiger partial charge in [0.1, 0.15) is 6.04 Å². The van der Waals surface area contributed by atoms with Crippen LogP contribution in [0.15, 0.2) is 60.9 Å². The lowest BCUT2D eigenvalue weighted by atomic mass is 10.0. The number of hydrogen-bond acceptors (Lipinski definition) is 3. The Labute approximate surface area is 187 Å². The van der Waals surface area contributed by atoms with Crippen LogP contribution in [0.2, 0.25) is 0 Å². The molecule has 32 heavy (non-hydrogen) atoms. The molecule has 1 aliphatic carbocycles. The maximum absolute atomic E-state index is 13.0. The summed E-state index contributed by atoms with van der Waals surface area (Å²) in [6.07, 6.45) is 9.99. The minimum absolute atomic E-state index is 0.0992. The molecular formula is C26H24N4O2. The molecule has 1 aliphatic heterocycles. The first-order valence-corrected chi connectivity index (χ1v) is 10.8. The van der Waals surface area contributed by atoms with E-state index in [9.17, 15) is 9.59 Å². The molecule has 0 unspecified atom stereocenters. The highest BCUT2D eigenvalue weighted by molar-refractivity contribution is 5.90. The van der Waals surface area contributed by atoms with Crippen LogP contribution in [0.5, 0.6) is 0 Å². The van der Waals surface area contributed by atoms with Gasteiger partial charge in [0, 0.05) is 37.6 Å². The largest absolute Gasteiger partial charge is 0.350 e. The number of hydrogen-bond donors (Lipinski definition) is 2. The SMILES string of the molecule is C#Cc1ccc2cccc(CNC(=O)N3C[C@@H]4C[C@@H]4[C@H]3C(=O)NCc3cccnc3)c2c1. The molecule has 0 radical (unpaired) electrons. The fourth-order valence-corrected chi connectivity index (χ4v) is 4.66. The molecule has 2 aromatic carbocycles. The van der Waals surface area contributed by atoms with Crippen LogP contribution in [0.25, 0.3) is 10.8 Å². The first kappa shape index (κ1) is 20.1. The second kappa shape index (κ2) is 8.35. The second-order valence-corrected chi connectivity index (χ2v) is 8.49. The number of urea groups is 1. The summed E-state index contributed by atoms with van der Waals surface area (Å²) in [4.78, 5) is 31.7. The van der Waals surface area contributed by atoms with Crippen LogP contribution in [0, 0.1) is 24.2 Å². The Balaban J connectivity index is 1.26. The molecule has 6 heteroatoms. The highest BCUT2D eigenvalue weighted by atomic mass is 16.2. The van der Waals surface area contributed by atoms with E-state index in [1.807, 2.05) is 48.5 Å². The van der Waals surface area contributed by atoms with Crippen LogP contribution in [-0.2, 0) is 17.9 Å². The summed E-state index contributed by atoms with van der Waals surface area (Å²) >= 11 is 0. The van der Waals surface area contributed by atoms with Crippen molar-refractivity contribution >= 4 is 22.7 Å². The highest BCUT2D eigenvalue weighted by Gasteiger charge is 2.56. The Kier molecular flexibility index (Phi) is 5.24. The summed E-state index contributed by atoms with van der Waals surface area (Å²) in [5.74, 6) is 3.24. The van der Waals surface area contributed by atoms with Gasteiger partial charge in [-0.1, -0.05) is 36.3 Å². The molecule has 5 rings (SSSR count). The summed E-state index contributed by atoms with van der Waals surface area (Å²) in [5, 5.41) is 8.09. The molecule has 160 valence electrons. The zero-order valence-electron chi connectivity index (χ0n) is 17.6. The van der Waals surface area contributed by atoms with E-state index in [1.54, 1.807) is 17.3 Å². The van der Waals surface area contributed by atoms with Crippen molar-refractivity contribution in [1.29, 1.82) is 0 Å². The van der Waals surface area contributed by atoms with Gasteiger partial charge in [0.05, 0.1) is 0 Å². The van der Waals surface area contributed by atoms with Gasteiger partial charge in [-0.3, -0.25) is 9.78 Å². The van der Waals surface area contributed by atoms with Gasteiger partial charge >= 0.3 is 6.03 Å². The van der Waals surface area contributed by atoms with E-state index in [2.05, 4.69) is 21.5 Å². The number of rotatable bonds is 5. The lowest BCUT2D eigenvalue weighted by Crippen LogP contribution is -2.51. The van der Waals surface area contributed by atoms with E-state index in [4.69, 9.17) is 6.42 Å². The normalized spacial score (nSPS) is 21.0. The van der Waals surface area contributed by atoms with Gasteiger partial charge in [-0.05, 0) is 58.4 Å². The molecule has 3 amide bonds. The van der Waals surface area contributed by atoms with Gasteiger partial charge < -0.3 is 15.5 Å². The van der Waals surface area contributed by atoms with Crippen molar-refractivity contribution in [2.45, 2.75) is 25.6 Å². The fraction of sp³-hybridized carbons (Fsp3) is 0.269. The number of pyridine rings is 1. The van der Waals surface area contributed by atoms with Crippen LogP contribution >= 0.6 is 0 Å². The number of benzene rings is 2.